The van der Waals surface area contributed by atoms with Crippen LogP contribution in [0.2, 0.25) is 0 Å². The molecule has 17 heavy (non-hydrogen) atoms. The summed E-state index contributed by atoms with van der Waals surface area (Å²) in [7, 11) is 0. The number of piperidine rings is 1. The van der Waals surface area contributed by atoms with Crippen molar-refractivity contribution in [1.82, 2.24) is 4.90 Å². The van der Waals surface area contributed by atoms with Crippen molar-refractivity contribution in [2.24, 2.45) is 5.73 Å². The highest BCUT2D eigenvalue weighted by molar-refractivity contribution is 5.85. The molecule has 2 N–H and O–H groups in total. The summed E-state index contributed by atoms with van der Waals surface area (Å²) >= 11 is 0. The Bertz CT molecular complexity index is 370. The Morgan fingerprint density at radius 1 is 1.47 bits per heavy atom. The van der Waals surface area contributed by atoms with Crippen molar-refractivity contribution in [1.29, 1.82) is 0 Å². The first-order valence-corrected chi connectivity index (χ1v) is 5.88. The lowest BCUT2D eigenvalue weighted by Crippen LogP contribution is -2.42. The van der Waals surface area contributed by atoms with E-state index in [0.717, 1.165) is 31.6 Å². The number of aryl methyl sites for hydroxylation is 1. The summed E-state index contributed by atoms with van der Waals surface area (Å²) in [5.74, 6) is -0.156. The first kappa shape index (κ1) is 14.4. The molecule has 96 valence electrons. The molecular weight excluding hydrogens is 239 g/mol. The van der Waals surface area contributed by atoms with Crippen LogP contribution in [0.25, 0.3) is 0 Å². The fourth-order valence-corrected chi connectivity index (χ4v) is 2.31. The summed E-state index contributed by atoms with van der Waals surface area (Å²) in [5, 5.41) is 0. The lowest BCUT2D eigenvalue weighted by Gasteiger charge is -2.31. The van der Waals surface area contributed by atoms with Gasteiger partial charge in [-0.25, -0.2) is 4.39 Å². The Balaban J connectivity index is 0.00000144. The van der Waals surface area contributed by atoms with Crippen molar-refractivity contribution >= 4 is 12.4 Å². The van der Waals surface area contributed by atoms with Crippen LogP contribution in [0.4, 0.5) is 4.39 Å². The zero-order chi connectivity index (χ0) is 11.5. The number of hydrogen-bond donors (Lipinski definition) is 1. The van der Waals surface area contributed by atoms with E-state index in [1.165, 1.54) is 18.1 Å². The molecule has 1 aromatic carbocycles. The van der Waals surface area contributed by atoms with E-state index in [2.05, 4.69) is 4.90 Å². The van der Waals surface area contributed by atoms with Crippen LogP contribution in [0.1, 0.15) is 24.0 Å². The maximum Gasteiger partial charge on any atom is 0.123 e. The fraction of sp³-hybridized carbons (Fsp3) is 0.538. The molecule has 1 atom stereocenters. The average molecular weight is 259 g/mol. The minimum Gasteiger partial charge on any atom is -0.327 e. The predicted octanol–water partition coefficient (Wildman–Crippen LogP) is 2.48. The van der Waals surface area contributed by atoms with Crippen LogP contribution >= 0.6 is 12.4 Å². The van der Waals surface area contributed by atoms with Gasteiger partial charge in [0.25, 0.3) is 0 Å². The summed E-state index contributed by atoms with van der Waals surface area (Å²) in [6, 6.07) is 5.31. The van der Waals surface area contributed by atoms with E-state index in [4.69, 9.17) is 5.73 Å². The first-order chi connectivity index (χ1) is 7.65. The third-order valence-corrected chi connectivity index (χ3v) is 3.24. The molecule has 1 aliphatic rings. The topological polar surface area (TPSA) is 29.3 Å². The van der Waals surface area contributed by atoms with E-state index in [1.807, 2.05) is 13.0 Å². The van der Waals surface area contributed by atoms with Gasteiger partial charge in [-0.3, -0.25) is 4.90 Å². The van der Waals surface area contributed by atoms with Crippen LogP contribution in [0, 0.1) is 12.7 Å². The van der Waals surface area contributed by atoms with E-state index in [1.54, 1.807) is 6.07 Å². The molecule has 1 heterocycles. The minimum atomic E-state index is -0.156. The van der Waals surface area contributed by atoms with Gasteiger partial charge in [-0.1, -0.05) is 6.07 Å². The number of benzene rings is 1. The Morgan fingerprint density at radius 3 is 2.88 bits per heavy atom. The molecule has 4 heteroatoms. The Morgan fingerprint density at radius 2 is 2.24 bits per heavy atom. The van der Waals surface area contributed by atoms with Crippen LogP contribution < -0.4 is 5.73 Å². The largest absolute Gasteiger partial charge is 0.327 e. The molecule has 1 aliphatic heterocycles. The molecule has 0 aromatic heterocycles. The van der Waals surface area contributed by atoms with Gasteiger partial charge in [0.05, 0.1) is 0 Å². The average Bonchev–Trinajstić information content (AvgIpc) is 2.22. The molecule has 0 spiro atoms. The molecule has 0 saturated carbocycles. The Hall–Kier alpha value is -0.640. The lowest BCUT2D eigenvalue weighted by molar-refractivity contribution is 0.201. The predicted molar refractivity (Wildman–Crippen MR) is 70.9 cm³/mol. The van der Waals surface area contributed by atoms with Gasteiger partial charge in [-0.05, 0) is 49.6 Å². The Kier molecular flexibility index (Phi) is 5.37. The molecule has 0 aliphatic carbocycles. The maximum atomic E-state index is 13.0. The summed E-state index contributed by atoms with van der Waals surface area (Å²) < 4.78 is 13.0. The van der Waals surface area contributed by atoms with Gasteiger partial charge in [0.2, 0.25) is 0 Å². The SMILES string of the molecule is Cc1cc(F)ccc1CN1CCC[C@@H](N)C1.Cl. The summed E-state index contributed by atoms with van der Waals surface area (Å²) in [6.07, 6.45) is 2.29. The molecular formula is C13H20ClFN2. The molecule has 2 nitrogen and oxygen atoms in total. The monoisotopic (exact) mass is 258 g/mol. The second-order valence-corrected chi connectivity index (χ2v) is 4.71. The zero-order valence-electron chi connectivity index (χ0n) is 10.2. The number of rotatable bonds is 2. The van der Waals surface area contributed by atoms with E-state index >= 15 is 0 Å². The number of nitrogens with zero attached hydrogens (tertiary/aromatic N) is 1. The van der Waals surface area contributed by atoms with Gasteiger partial charge in [0, 0.05) is 19.1 Å². The highest BCUT2D eigenvalue weighted by atomic mass is 35.5. The molecule has 0 radical (unpaired) electrons. The molecule has 0 unspecified atom stereocenters. The molecule has 0 bridgehead atoms. The molecule has 0 amide bonds. The minimum absolute atomic E-state index is 0. The number of halogens is 2. The summed E-state index contributed by atoms with van der Waals surface area (Å²) in [6.45, 7) is 4.91. The fourth-order valence-electron chi connectivity index (χ4n) is 2.31. The maximum absolute atomic E-state index is 13.0. The van der Waals surface area contributed by atoms with Crippen molar-refractivity contribution in [3.8, 4) is 0 Å². The zero-order valence-corrected chi connectivity index (χ0v) is 11.0. The van der Waals surface area contributed by atoms with Gasteiger partial charge in [0.1, 0.15) is 5.82 Å². The second-order valence-electron chi connectivity index (χ2n) is 4.71. The van der Waals surface area contributed by atoms with E-state index < -0.39 is 0 Å². The van der Waals surface area contributed by atoms with Crippen molar-refractivity contribution in [3.63, 3.8) is 0 Å². The number of nitrogens with two attached hydrogens (primary N) is 1. The van der Waals surface area contributed by atoms with Gasteiger partial charge in [-0.2, -0.15) is 0 Å². The third-order valence-electron chi connectivity index (χ3n) is 3.24. The smallest absolute Gasteiger partial charge is 0.123 e. The summed E-state index contributed by atoms with van der Waals surface area (Å²) in [4.78, 5) is 2.36. The molecule has 1 fully saturated rings. The first-order valence-electron chi connectivity index (χ1n) is 5.88. The van der Waals surface area contributed by atoms with Gasteiger partial charge in [0.15, 0.2) is 0 Å². The van der Waals surface area contributed by atoms with E-state index in [0.29, 0.717) is 6.04 Å². The molecule has 1 aromatic rings. The van der Waals surface area contributed by atoms with E-state index in [-0.39, 0.29) is 18.2 Å². The summed E-state index contributed by atoms with van der Waals surface area (Å²) in [5.41, 5.74) is 8.17. The number of hydrogen-bond acceptors (Lipinski definition) is 2. The quantitative estimate of drug-likeness (QED) is 0.883. The molecule has 2 rings (SSSR count). The number of likely N-dealkylation sites (tertiary alicyclic amines) is 1. The van der Waals surface area contributed by atoms with Gasteiger partial charge >= 0.3 is 0 Å². The van der Waals surface area contributed by atoms with Crippen molar-refractivity contribution < 1.29 is 4.39 Å². The standard InChI is InChI=1S/C13H19FN2.ClH/c1-10-7-12(14)5-4-11(10)8-16-6-2-3-13(15)9-16;/h4-5,7,13H,2-3,6,8-9,15H2,1H3;1H/t13-;/m1./s1. The van der Waals surface area contributed by atoms with Crippen LogP contribution in [0.3, 0.4) is 0 Å². The van der Waals surface area contributed by atoms with Crippen LogP contribution in [0.15, 0.2) is 18.2 Å². The van der Waals surface area contributed by atoms with Crippen molar-refractivity contribution in [3.05, 3.63) is 35.1 Å². The van der Waals surface area contributed by atoms with Crippen LogP contribution in [0.5, 0.6) is 0 Å². The van der Waals surface area contributed by atoms with Crippen LogP contribution in [-0.4, -0.2) is 24.0 Å². The molecule has 1 saturated heterocycles. The van der Waals surface area contributed by atoms with Crippen LogP contribution in [-0.2, 0) is 6.54 Å². The lowest BCUT2D eigenvalue weighted by atomic mass is 10.0. The van der Waals surface area contributed by atoms with Gasteiger partial charge < -0.3 is 5.73 Å². The highest BCUT2D eigenvalue weighted by Crippen LogP contribution is 2.16. The van der Waals surface area contributed by atoms with Gasteiger partial charge in [-0.15, -0.1) is 12.4 Å². The Labute approximate surface area is 108 Å². The van der Waals surface area contributed by atoms with Crippen molar-refractivity contribution in [2.45, 2.75) is 32.4 Å². The highest BCUT2D eigenvalue weighted by Gasteiger charge is 2.17. The van der Waals surface area contributed by atoms with Crippen molar-refractivity contribution in [2.75, 3.05) is 13.1 Å². The second kappa shape index (κ2) is 6.34. The third kappa shape index (κ3) is 3.95. The van der Waals surface area contributed by atoms with E-state index in [9.17, 15) is 4.39 Å². The normalized spacial score (nSPS) is 21.0.